The standard InChI is InChI=1S/C70H127NO13/c1-3-5-7-9-11-13-15-17-19-21-23-24-25-26-27-28-29-30-31-32-33-34-36-38-40-42-44-46-48-50-52-54-62(75)71-58(59(74)53-51-49-47-45-43-41-39-37-35-22-20-18-16-14-12-10-8-6-4-2)57-81-69-67(80)65(78)68(61(56-73)83-69)84-70-66(79)64(77)63(76)60(55-72)82-70/h5,7,11,13,17,19,23-24,51,53,58-61,63-70,72-74,76-80H,3-4,6,8-10,12,14-16,18,20-22,25-50,52,54-57H2,1-2H3,(H,71,75)/b7-5-,13-11-,19-17-,24-23-,53-51+. The smallest absolute Gasteiger partial charge is 0.220 e. The maximum atomic E-state index is 13.3. The summed E-state index contributed by atoms with van der Waals surface area (Å²) in [5.41, 5.74) is 0. The molecule has 9 N–H and O–H groups in total. The topological polar surface area (TPSA) is 228 Å². The van der Waals surface area contributed by atoms with Gasteiger partial charge in [0.25, 0.3) is 0 Å². The third kappa shape index (κ3) is 38.9. The summed E-state index contributed by atoms with van der Waals surface area (Å²) in [6.07, 6.45) is 55.5. The van der Waals surface area contributed by atoms with Crippen LogP contribution in [0.4, 0.5) is 0 Å². The quantitative estimate of drug-likeness (QED) is 0.0204. The highest BCUT2D eigenvalue weighted by Gasteiger charge is 2.51. The number of rotatable bonds is 56. The van der Waals surface area contributed by atoms with Crippen LogP contribution in [0.3, 0.4) is 0 Å². The number of amides is 1. The molecule has 2 aliphatic rings. The van der Waals surface area contributed by atoms with Crippen molar-refractivity contribution in [2.75, 3.05) is 19.8 Å². The molecule has 0 aromatic carbocycles. The molecule has 0 aromatic heterocycles. The Bertz CT molecular complexity index is 1640. The fourth-order valence-corrected chi connectivity index (χ4v) is 11.2. The highest BCUT2D eigenvalue weighted by Crippen LogP contribution is 2.30. The summed E-state index contributed by atoms with van der Waals surface area (Å²) in [5.74, 6) is -0.236. The monoisotopic (exact) mass is 1190 g/mol. The molecule has 0 aromatic rings. The minimum Gasteiger partial charge on any atom is -0.394 e. The van der Waals surface area contributed by atoms with Crippen molar-refractivity contribution in [2.24, 2.45) is 0 Å². The molecular formula is C70H127NO13. The maximum absolute atomic E-state index is 13.3. The molecule has 490 valence electrons. The third-order valence-electron chi connectivity index (χ3n) is 16.7. The van der Waals surface area contributed by atoms with E-state index < -0.39 is 86.8 Å². The molecule has 2 aliphatic heterocycles. The zero-order chi connectivity index (χ0) is 60.9. The Labute approximate surface area is 511 Å². The first-order chi connectivity index (χ1) is 41.1. The SMILES string of the molecule is CC/C=C\C/C=C\C/C=C\C/C=C\CCCCCCCCCCCCCCCCCCCCC(=O)NC(COC1OC(CO)C(OC2OC(CO)C(O)C(O)C2O)C(O)C1O)C(O)/C=C/CCCCCCCCCCCCCCCCCCC. The van der Waals surface area contributed by atoms with Crippen LogP contribution in [0, 0.1) is 0 Å². The minimum absolute atomic E-state index is 0.236. The van der Waals surface area contributed by atoms with E-state index in [1.165, 1.54) is 193 Å². The number of unbranched alkanes of at least 4 members (excludes halogenated alkanes) is 35. The van der Waals surface area contributed by atoms with Crippen LogP contribution in [0.15, 0.2) is 60.8 Å². The van der Waals surface area contributed by atoms with Crippen molar-refractivity contribution in [2.45, 2.75) is 357 Å². The Balaban J connectivity index is 1.66. The molecule has 2 fully saturated rings. The highest BCUT2D eigenvalue weighted by molar-refractivity contribution is 5.76. The van der Waals surface area contributed by atoms with Crippen molar-refractivity contribution in [1.82, 2.24) is 5.32 Å². The Kier molecular flexibility index (Phi) is 50.8. The van der Waals surface area contributed by atoms with Crippen LogP contribution >= 0.6 is 0 Å². The van der Waals surface area contributed by atoms with Crippen molar-refractivity contribution < 1.29 is 64.6 Å². The predicted octanol–water partition coefficient (Wildman–Crippen LogP) is 13.7. The van der Waals surface area contributed by atoms with Gasteiger partial charge in [-0.3, -0.25) is 4.79 Å². The van der Waals surface area contributed by atoms with Gasteiger partial charge in [-0.1, -0.05) is 280 Å². The first-order valence-corrected chi connectivity index (χ1v) is 34.5. The molecule has 12 unspecified atom stereocenters. The Morgan fingerprint density at radius 2 is 0.821 bits per heavy atom. The molecule has 2 saturated heterocycles. The van der Waals surface area contributed by atoms with Crippen LogP contribution in [-0.2, 0) is 23.7 Å². The Morgan fingerprint density at radius 3 is 1.26 bits per heavy atom. The van der Waals surface area contributed by atoms with E-state index in [1.807, 2.05) is 6.08 Å². The van der Waals surface area contributed by atoms with Gasteiger partial charge >= 0.3 is 0 Å². The molecule has 14 heteroatoms. The molecule has 0 radical (unpaired) electrons. The number of allylic oxidation sites excluding steroid dienone is 9. The molecule has 2 heterocycles. The second-order valence-electron chi connectivity index (χ2n) is 24.3. The summed E-state index contributed by atoms with van der Waals surface area (Å²) in [4.78, 5) is 13.3. The zero-order valence-electron chi connectivity index (χ0n) is 53.1. The van der Waals surface area contributed by atoms with E-state index in [0.29, 0.717) is 6.42 Å². The van der Waals surface area contributed by atoms with Gasteiger partial charge < -0.3 is 65.1 Å². The average molecular weight is 1190 g/mol. The maximum Gasteiger partial charge on any atom is 0.220 e. The van der Waals surface area contributed by atoms with E-state index in [4.69, 9.17) is 18.9 Å². The molecular weight excluding hydrogens is 1060 g/mol. The molecule has 2 rings (SSSR count). The van der Waals surface area contributed by atoms with E-state index >= 15 is 0 Å². The van der Waals surface area contributed by atoms with Crippen molar-refractivity contribution in [1.29, 1.82) is 0 Å². The van der Waals surface area contributed by atoms with Gasteiger partial charge in [-0.2, -0.15) is 0 Å². The number of hydrogen-bond acceptors (Lipinski definition) is 13. The fourth-order valence-electron chi connectivity index (χ4n) is 11.2. The van der Waals surface area contributed by atoms with E-state index in [9.17, 15) is 45.6 Å². The van der Waals surface area contributed by atoms with E-state index in [0.717, 1.165) is 64.2 Å². The number of aliphatic hydroxyl groups is 8. The van der Waals surface area contributed by atoms with E-state index in [2.05, 4.69) is 67.8 Å². The fraction of sp³-hybridized carbons (Fsp3) is 0.843. The van der Waals surface area contributed by atoms with Gasteiger partial charge in [-0.15, -0.1) is 0 Å². The van der Waals surface area contributed by atoms with Crippen molar-refractivity contribution in [3.63, 3.8) is 0 Å². The molecule has 12 atom stereocenters. The van der Waals surface area contributed by atoms with Gasteiger partial charge in [0.2, 0.25) is 5.91 Å². The van der Waals surface area contributed by atoms with Crippen molar-refractivity contribution >= 4 is 5.91 Å². The van der Waals surface area contributed by atoms with Crippen LogP contribution in [0.5, 0.6) is 0 Å². The zero-order valence-corrected chi connectivity index (χ0v) is 53.1. The minimum atomic E-state index is -1.79. The van der Waals surface area contributed by atoms with Gasteiger partial charge in [0.05, 0.1) is 32.0 Å². The molecule has 0 aliphatic carbocycles. The Hall–Kier alpha value is -2.31. The summed E-state index contributed by atoms with van der Waals surface area (Å²) < 4.78 is 22.8. The van der Waals surface area contributed by atoms with Gasteiger partial charge in [-0.25, -0.2) is 0 Å². The van der Waals surface area contributed by atoms with Gasteiger partial charge in [-0.05, 0) is 57.8 Å². The van der Waals surface area contributed by atoms with E-state index in [1.54, 1.807) is 6.08 Å². The van der Waals surface area contributed by atoms with Crippen LogP contribution < -0.4 is 5.32 Å². The van der Waals surface area contributed by atoms with E-state index in [-0.39, 0.29) is 18.9 Å². The summed E-state index contributed by atoms with van der Waals surface area (Å²) in [5, 5.41) is 87.4. The van der Waals surface area contributed by atoms with Crippen LogP contribution in [-0.4, -0.2) is 140 Å². The molecule has 84 heavy (non-hydrogen) atoms. The van der Waals surface area contributed by atoms with Crippen LogP contribution in [0.2, 0.25) is 0 Å². The molecule has 0 saturated carbocycles. The number of hydrogen-bond donors (Lipinski definition) is 9. The van der Waals surface area contributed by atoms with Crippen molar-refractivity contribution in [3.8, 4) is 0 Å². The molecule has 14 nitrogen and oxygen atoms in total. The summed E-state index contributed by atoms with van der Waals surface area (Å²) in [7, 11) is 0. The van der Waals surface area contributed by atoms with Crippen molar-refractivity contribution in [3.05, 3.63) is 60.8 Å². The lowest BCUT2D eigenvalue weighted by molar-refractivity contribution is -0.359. The predicted molar refractivity (Wildman–Crippen MR) is 341 cm³/mol. The molecule has 0 spiro atoms. The first-order valence-electron chi connectivity index (χ1n) is 34.5. The van der Waals surface area contributed by atoms with Gasteiger partial charge in [0.1, 0.15) is 48.8 Å². The lowest BCUT2D eigenvalue weighted by Gasteiger charge is -2.46. The first kappa shape index (κ1) is 77.8. The summed E-state index contributed by atoms with van der Waals surface area (Å²) >= 11 is 0. The van der Waals surface area contributed by atoms with Gasteiger partial charge in [0.15, 0.2) is 12.6 Å². The molecule has 1 amide bonds. The number of ether oxygens (including phenoxy) is 4. The number of carbonyl (C=O) groups excluding carboxylic acids is 1. The second kappa shape index (κ2) is 54.8. The average Bonchev–Trinajstić information content (AvgIpc) is 3.18. The third-order valence-corrected chi connectivity index (χ3v) is 16.7. The number of nitrogens with one attached hydrogen (secondary N) is 1. The van der Waals surface area contributed by atoms with Crippen LogP contribution in [0.25, 0.3) is 0 Å². The van der Waals surface area contributed by atoms with Crippen LogP contribution in [0.1, 0.15) is 284 Å². The normalized spacial score (nSPS) is 24.0. The lowest BCUT2D eigenvalue weighted by Crippen LogP contribution is -2.65. The largest absolute Gasteiger partial charge is 0.394 e. The number of aliphatic hydroxyl groups excluding tert-OH is 8. The number of carbonyl (C=O) groups is 1. The van der Waals surface area contributed by atoms with Gasteiger partial charge in [0, 0.05) is 6.42 Å². The summed E-state index contributed by atoms with van der Waals surface area (Å²) in [6, 6.07) is -0.916. The summed E-state index contributed by atoms with van der Waals surface area (Å²) in [6.45, 7) is 2.72. The Morgan fingerprint density at radius 1 is 0.440 bits per heavy atom. The second-order valence-corrected chi connectivity index (χ2v) is 24.3. The molecule has 0 bridgehead atoms. The lowest BCUT2D eigenvalue weighted by atomic mass is 9.97. The highest BCUT2D eigenvalue weighted by atomic mass is 16.7.